The van der Waals surface area contributed by atoms with Gasteiger partial charge in [-0.25, -0.2) is 4.79 Å². The Balaban J connectivity index is 1.99. The lowest BCUT2D eigenvalue weighted by molar-refractivity contribution is -0.142. The van der Waals surface area contributed by atoms with Crippen LogP contribution in [-0.4, -0.2) is 33.9 Å². The van der Waals surface area contributed by atoms with Gasteiger partial charge < -0.3 is 15.2 Å². The Hall–Kier alpha value is -2.83. The molecular weight excluding hydrogens is 298 g/mol. The first kappa shape index (κ1) is 16.5. The van der Waals surface area contributed by atoms with Gasteiger partial charge in [-0.2, -0.15) is 5.10 Å². The van der Waals surface area contributed by atoms with Gasteiger partial charge in [0.05, 0.1) is 7.11 Å². The van der Waals surface area contributed by atoms with Crippen LogP contribution in [0.3, 0.4) is 0 Å². The number of hydrogen-bond donors (Lipinski definition) is 2. The molecule has 1 unspecified atom stereocenters. The van der Waals surface area contributed by atoms with Crippen molar-refractivity contribution >= 4 is 11.9 Å². The van der Waals surface area contributed by atoms with Gasteiger partial charge in [0.2, 0.25) is 5.91 Å². The van der Waals surface area contributed by atoms with Crippen LogP contribution in [-0.2, 0) is 23.1 Å². The van der Waals surface area contributed by atoms with Crippen molar-refractivity contribution in [3.05, 3.63) is 47.8 Å². The standard InChI is InChI=1S/C16H19N3O4/c1-19-12(9-10-17-19)5-8-14(20)18-15(16(21)22)11-3-6-13(23-2)7-4-11/h3-4,6-7,9-10,15H,5,8H2,1-2H3,(H,18,20)(H,21,22). The zero-order chi connectivity index (χ0) is 16.8. The number of carboxylic acid groups (broad SMARTS) is 1. The van der Waals surface area contributed by atoms with Crippen LogP contribution in [0.2, 0.25) is 0 Å². The Morgan fingerprint density at radius 2 is 2.00 bits per heavy atom. The third-order valence-corrected chi connectivity index (χ3v) is 3.53. The summed E-state index contributed by atoms with van der Waals surface area (Å²) < 4.78 is 6.72. The molecule has 0 spiro atoms. The highest BCUT2D eigenvalue weighted by molar-refractivity contribution is 5.84. The number of benzene rings is 1. The average molecular weight is 317 g/mol. The van der Waals surface area contributed by atoms with Gasteiger partial charge in [-0.05, 0) is 30.2 Å². The molecular formula is C16H19N3O4. The molecule has 0 aliphatic heterocycles. The van der Waals surface area contributed by atoms with Gasteiger partial charge in [0.25, 0.3) is 0 Å². The predicted octanol–water partition coefficient (Wildman–Crippen LogP) is 1.30. The first-order chi connectivity index (χ1) is 11.0. The van der Waals surface area contributed by atoms with Gasteiger partial charge in [0.1, 0.15) is 5.75 Å². The Morgan fingerprint density at radius 1 is 1.30 bits per heavy atom. The molecule has 122 valence electrons. The number of amides is 1. The summed E-state index contributed by atoms with van der Waals surface area (Å²) in [7, 11) is 3.33. The first-order valence-corrected chi connectivity index (χ1v) is 7.14. The van der Waals surface area contributed by atoms with Crippen LogP contribution in [0.1, 0.15) is 23.7 Å². The molecule has 0 bridgehead atoms. The lowest BCUT2D eigenvalue weighted by Gasteiger charge is -2.15. The number of aryl methyl sites for hydroxylation is 2. The monoisotopic (exact) mass is 317 g/mol. The first-order valence-electron chi connectivity index (χ1n) is 7.14. The minimum atomic E-state index is -1.11. The Bertz CT molecular complexity index is 679. The van der Waals surface area contributed by atoms with Crippen molar-refractivity contribution < 1.29 is 19.4 Å². The number of nitrogens with one attached hydrogen (secondary N) is 1. The Kier molecular flexibility index (Phi) is 5.35. The fraction of sp³-hybridized carbons (Fsp3) is 0.312. The normalized spacial score (nSPS) is 11.7. The van der Waals surface area contributed by atoms with Crippen LogP contribution < -0.4 is 10.1 Å². The van der Waals surface area contributed by atoms with E-state index < -0.39 is 12.0 Å². The largest absolute Gasteiger partial charge is 0.497 e. The summed E-state index contributed by atoms with van der Waals surface area (Å²) >= 11 is 0. The van der Waals surface area contributed by atoms with E-state index in [2.05, 4.69) is 10.4 Å². The molecule has 0 saturated carbocycles. The zero-order valence-electron chi connectivity index (χ0n) is 13.0. The molecule has 2 aromatic rings. The smallest absolute Gasteiger partial charge is 0.330 e. The van der Waals surface area contributed by atoms with Crippen LogP contribution in [0.25, 0.3) is 0 Å². The molecule has 1 amide bonds. The van der Waals surface area contributed by atoms with E-state index >= 15 is 0 Å². The minimum absolute atomic E-state index is 0.194. The molecule has 0 aliphatic rings. The van der Waals surface area contributed by atoms with E-state index in [0.29, 0.717) is 17.7 Å². The van der Waals surface area contributed by atoms with Gasteiger partial charge in [-0.1, -0.05) is 12.1 Å². The second-order valence-corrected chi connectivity index (χ2v) is 5.06. The maximum absolute atomic E-state index is 12.0. The summed E-state index contributed by atoms with van der Waals surface area (Å²) in [5, 5.41) is 15.9. The third kappa shape index (κ3) is 4.32. The second kappa shape index (κ2) is 7.44. The minimum Gasteiger partial charge on any atom is -0.497 e. The summed E-state index contributed by atoms with van der Waals surface area (Å²) in [5.74, 6) is -0.807. The van der Waals surface area contributed by atoms with Crippen LogP contribution >= 0.6 is 0 Å². The van der Waals surface area contributed by atoms with E-state index in [-0.39, 0.29) is 12.3 Å². The van der Waals surface area contributed by atoms with E-state index in [4.69, 9.17) is 4.74 Å². The van der Waals surface area contributed by atoms with Gasteiger partial charge in [-0.15, -0.1) is 0 Å². The number of ether oxygens (including phenoxy) is 1. The lowest BCUT2D eigenvalue weighted by Crippen LogP contribution is -2.33. The average Bonchev–Trinajstić information content (AvgIpc) is 2.95. The van der Waals surface area contributed by atoms with E-state index in [9.17, 15) is 14.7 Å². The Morgan fingerprint density at radius 3 is 2.52 bits per heavy atom. The number of methoxy groups -OCH3 is 1. The molecule has 1 aromatic heterocycles. The van der Waals surface area contributed by atoms with E-state index in [0.717, 1.165) is 5.69 Å². The molecule has 7 heteroatoms. The number of carbonyl (C=O) groups excluding carboxylic acids is 1. The van der Waals surface area contributed by atoms with E-state index in [1.54, 1.807) is 42.2 Å². The molecule has 0 fully saturated rings. The maximum atomic E-state index is 12.0. The van der Waals surface area contributed by atoms with Crippen molar-refractivity contribution in [2.45, 2.75) is 18.9 Å². The van der Waals surface area contributed by atoms with E-state index in [1.807, 2.05) is 6.07 Å². The molecule has 1 heterocycles. The second-order valence-electron chi connectivity index (χ2n) is 5.06. The van der Waals surface area contributed by atoms with Gasteiger partial charge >= 0.3 is 5.97 Å². The SMILES string of the molecule is COc1ccc(C(NC(=O)CCc2ccnn2C)C(=O)O)cc1. The number of carboxylic acids is 1. The summed E-state index contributed by atoms with van der Waals surface area (Å²) in [4.78, 5) is 23.4. The predicted molar refractivity (Wildman–Crippen MR) is 83.0 cm³/mol. The maximum Gasteiger partial charge on any atom is 0.330 e. The van der Waals surface area contributed by atoms with Crippen LogP contribution in [0.4, 0.5) is 0 Å². The van der Waals surface area contributed by atoms with Crippen molar-refractivity contribution in [2.24, 2.45) is 7.05 Å². The number of aromatic nitrogens is 2. The van der Waals surface area contributed by atoms with E-state index in [1.165, 1.54) is 7.11 Å². The van der Waals surface area contributed by atoms with Crippen molar-refractivity contribution in [3.8, 4) is 5.75 Å². The highest BCUT2D eigenvalue weighted by Gasteiger charge is 2.22. The summed E-state index contributed by atoms with van der Waals surface area (Å²) in [6, 6.07) is 7.31. The third-order valence-electron chi connectivity index (χ3n) is 3.53. The summed E-state index contributed by atoms with van der Waals surface area (Å²) in [6.45, 7) is 0. The zero-order valence-corrected chi connectivity index (χ0v) is 13.0. The van der Waals surface area contributed by atoms with Crippen LogP contribution in [0, 0.1) is 0 Å². The molecule has 1 atom stereocenters. The van der Waals surface area contributed by atoms with Gasteiger partial charge in [0.15, 0.2) is 6.04 Å². The summed E-state index contributed by atoms with van der Waals surface area (Å²) in [5.41, 5.74) is 1.41. The topological polar surface area (TPSA) is 93.5 Å². The molecule has 0 radical (unpaired) electrons. The molecule has 0 saturated heterocycles. The molecule has 1 aromatic carbocycles. The highest BCUT2D eigenvalue weighted by atomic mass is 16.5. The van der Waals surface area contributed by atoms with Crippen molar-refractivity contribution in [1.29, 1.82) is 0 Å². The lowest BCUT2D eigenvalue weighted by atomic mass is 10.1. The highest BCUT2D eigenvalue weighted by Crippen LogP contribution is 2.18. The molecule has 2 rings (SSSR count). The van der Waals surface area contributed by atoms with Crippen molar-refractivity contribution in [2.75, 3.05) is 7.11 Å². The fourth-order valence-corrected chi connectivity index (χ4v) is 2.21. The number of rotatable bonds is 7. The summed E-state index contributed by atoms with van der Waals surface area (Å²) in [6.07, 6.45) is 2.35. The number of carbonyl (C=O) groups is 2. The molecule has 23 heavy (non-hydrogen) atoms. The Labute approximate surface area is 133 Å². The number of nitrogens with zero attached hydrogens (tertiary/aromatic N) is 2. The number of hydrogen-bond acceptors (Lipinski definition) is 4. The molecule has 2 N–H and O–H groups in total. The molecule has 7 nitrogen and oxygen atoms in total. The quantitative estimate of drug-likeness (QED) is 0.803. The molecule has 0 aliphatic carbocycles. The van der Waals surface area contributed by atoms with Crippen molar-refractivity contribution in [3.63, 3.8) is 0 Å². The van der Waals surface area contributed by atoms with Crippen LogP contribution in [0.15, 0.2) is 36.5 Å². The number of aliphatic carboxylic acids is 1. The fourth-order valence-electron chi connectivity index (χ4n) is 2.21. The van der Waals surface area contributed by atoms with Gasteiger partial charge in [-0.3, -0.25) is 9.48 Å². The van der Waals surface area contributed by atoms with Crippen LogP contribution in [0.5, 0.6) is 5.75 Å². The van der Waals surface area contributed by atoms with Crippen molar-refractivity contribution in [1.82, 2.24) is 15.1 Å². The van der Waals surface area contributed by atoms with Gasteiger partial charge in [0, 0.05) is 25.4 Å².